The van der Waals surface area contributed by atoms with Crippen LogP contribution in [0, 0.1) is 16.7 Å². The van der Waals surface area contributed by atoms with Crippen molar-refractivity contribution < 1.29 is 9.47 Å². The van der Waals surface area contributed by atoms with Crippen molar-refractivity contribution in [1.82, 2.24) is 0 Å². The van der Waals surface area contributed by atoms with Gasteiger partial charge in [-0.05, 0) is 37.3 Å². The molecule has 0 aromatic heterocycles. The van der Waals surface area contributed by atoms with E-state index in [2.05, 4.69) is 6.07 Å². The summed E-state index contributed by atoms with van der Waals surface area (Å²) >= 11 is 0. The Balaban J connectivity index is 1.89. The van der Waals surface area contributed by atoms with Crippen LogP contribution >= 0.6 is 0 Å². The summed E-state index contributed by atoms with van der Waals surface area (Å²) < 4.78 is 11.2. The topological polar surface area (TPSA) is 42.2 Å². The molecule has 1 aromatic rings. The molecule has 2 heterocycles. The quantitative estimate of drug-likeness (QED) is 0.819. The fraction of sp³-hybridized carbons (Fsp3) is 0.533. The lowest BCUT2D eigenvalue weighted by Gasteiger charge is -2.28. The van der Waals surface area contributed by atoms with Crippen molar-refractivity contribution in [1.29, 1.82) is 5.26 Å². The summed E-state index contributed by atoms with van der Waals surface area (Å²) in [7, 11) is 1.68. The van der Waals surface area contributed by atoms with Crippen molar-refractivity contribution in [3.05, 3.63) is 29.8 Å². The Bertz CT molecular complexity index is 494. The number of benzene rings is 1. The lowest BCUT2D eigenvalue weighted by atomic mass is 9.71. The van der Waals surface area contributed by atoms with E-state index in [0.717, 1.165) is 37.0 Å². The Morgan fingerprint density at radius 1 is 1.44 bits per heavy atom. The first-order valence-electron chi connectivity index (χ1n) is 6.46. The number of hydrogen-bond donors (Lipinski definition) is 0. The summed E-state index contributed by atoms with van der Waals surface area (Å²) in [4.78, 5) is 0. The lowest BCUT2D eigenvalue weighted by Crippen LogP contribution is -2.33. The standard InChI is InChI=1S/C15H17NO2/c1-17-13-5-3-2-4-11(13)8-15(10-16)9-12-6-7-14(15)18-12/h2-5,12,14H,6-9H2,1H3. The second-order valence-corrected chi connectivity index (χ2v) is 5.28. The Hall–Kier alpha value is -1.53. The van der Waals surface area contributed by atoms with E-state index in [1.807, 2.05) is 24.3 Å². The number of ether oxygens (including phenoxy) is 2. The summed E-state index contributed by atoms with van der Waals surface area (Å²) in [6.07, 6.45) is 4.13. The van der Waals surface area contributed by atoms with Gasteiger partial charge in [0.25, 0.3) is 0 Å². The summed E-state index contributed by atoms with van der Waals surface area (Å²) in [5.74, 6) is 0.870. The van der Waals surface area contributed by atoms with Gasteiger partial charge in [-0.1, -0.05) is 18.2 Å². The van der Waals surface area contributed by atoms with Crippen molar-refractivity contribution >= 4 is 0 Å². The first-order chi connectivity index (χ1) is 8.77. The van der Waals surface area contributed by atoms with Gasteiger partial charge in [0.05, 0.1) is 30.8 Å². The van der Waals surface area contributed by atoms with E-state index in [1.165, 1.54) is 0 Å². The Kier molecular flexibility index (Phi) is 2.76. The molecule has 2 bridgehead atoms. The fourth-order valence-electron chi connectivity index (χ4n) is 3.33. The van der Waals surface area contributed by atoms with Gasteiger partial charge in [-0.2, -0.15) is 5.26 Å². The number of nitriles is 1. The Morgan fingerprint density at radius 3 is 2.89 bits per heavy atom. The fourth-order valence-corrected chi connectivity index (χ4v) is 3.33. The molecule has 2 saturated heterocycles. The van der Waals surface area contributed by atoms with Crippen LogP contribution in [0.15, 0.2) is 24.3 Å². The molecule has 0 amide bonds. The molecule has 0 saturated carbocycles. The van der Waals surface area contributed by atoms with Crippen LogP contribution in [0.25, 0.3) is 0 Å². The van der Waals surface area contributed by atoms with E-state index in [1.54, 1.807) is 7.11 Å². The van der Waals surface area contributed by atoms with E-state index in [4.69, 9.17) is 9.47 Å². The lowest BCUT2D eigenvalue weighted by molar-refractivity contribution is 0.0786. The average Bonchev–Trinajstić information content (AvgIpc) is 3.00. The highest BCUT2D eigenvalue weighted by Crippen LogP contribution is 2.49. The van der Waals surface area contributed by atoms with Crippen LogP contribution in [0.2, 0.25) is 0 Å². The minimum atomic E-state index is -0.350. The molecule has 0 spiro atoms. The SMILES string of the molecule is COc1ccccc1CC1(C#N)CC2CCC1O2. The zero-order valence-electron chi connectivity index (χ0n) is 10.6. The summed E-state index contributed by atoms with van der Waals surface area (Å²) in [6, 6.07) is 10.5. The van der Waals surface area contributed by atoms with Crippen LogP contribution < -0.4 is 4.74 Å². The van der Waals surface area contributed by atoms with Crippen LogP contribution in [0.4, 0.5) is 0 Å². The second kappa shape index (κ2) is 4.29. The molecule has 3 nitrogen and oxygen atoms in total. The normalized spacial score (nSPS) is 33.3. The molecule has 3 heteroatoms. The molecule has 94 valence electrons. The van der Waals surface area contributed by atoms with Crippen molar-refractivity contribution in [3.63, 3.8) is 0 Å². The number of fused-ring (bicyclic) bond motifs is 2. The largest absolute Gasteiger partial charge is 0.496 e. The third kappa shape index (κ3) is 1.69. The monoisotopic (exact) mass is 243 g/mol. The van der Waals surface area contributed by atoms with Crippen LogP contribution in [0.3, 0.4) is 0 Å². The molecule has 0 radical (unpaired) electrons. The minimum absolute atomic E-state index is 0.109. The average molecular weight is 243 g/mol. The van der Waals surface area contributed by atoms with Crippen LogP contribution in [-0.2, 0) is 11.2 Å². The molecule has 0 aliphatic carbocycles. The minimum Gasteiger partial charge on any atom is -0.496 e. The second-order valence-electron chi connectivity index (χ2n) is 5.28. The molecule has 2 aliphatic heterocycles. The van der Waals surface area contributed by atoms with Crippen LogP contribution in [0.1, 0.15) is 24.8 Å². The molecule has 3 unspecified atom stereocenters. The summed E-state index contributed by atoms with van der Waals surface area (Å²) in [6.45, 7) is 0. The maximum absolute atomic E-state index is 9.59. The number of hydrogen-bond acceptors (Lipinski definition) is 3. The number of methoxy groups -OCH3 is 1. The van der Waals surface area contributed by atoms with Gasteiger partial charge in [0.15, 0.2) is 0 Å². The third-order valence-corrected chi connectivity index (χ3v) is 4.24. The highest BCUT2D eigenvalue weighted by Gasteiger charge is 2.53. The van der Waals surface area contributed by atoms with E-state index >= 15 is 0 Å². The van der Waals surface area contributed by atoms with Gasteiger partial charge in [0.1, 0.15) is 5.75 Å². The van der Waals surface area contributed by atoms with Gasteiger partial charge in [-0.25, -0.2) is 0 Å². The molecule has 0 N–H and O–H groups in total. The van der Waals surface area contributed by atoms with E-state index < -0.39 is 0 Å². The first kappa shape index (κ1) is 11.6. The molecule has 3 rings (SSSR count). The van der Waals surface area contributed by atoms with E-state index in [0.29, 0.717) is 6.10 Å². The van der Waals surface area contributed by atoms with Crippen molar-refractivity contribution in [2.75, 3.05) is 7.11 Å². The smallest absolute Gasteiger partial charge is 0.122 e. The van der Waals surface area contributed by atoms with Gasteiger partial charge in [0.2, 0.25) is 0 Å². The predicted molar refractivity (Wildman–Crippen MR) is 67.3 cm³/mol. The van der Waals surface area contributed by atoms with Crippen molar-refractivity contribution in [3.8, 4) is 11.8 Å². The Morgan fingerprint density at radius 2 is 2.28 bits per heavy atom. The molecule has 2 aliphatic rings. The molecular weight excluding hydrogens is 226 g/mol. The van der Waals surface area contributed by atoms with Crippen LogP contribution in [-0.4, -0.2) is 19.3 Å². The van der Waals surface area contributed by atoms with Gasteiger partial charge < -0.3 is 9.47 Å². The molecule has 2 fully saturated rings. The van der Waals surface area contributed by atoms with Gasteiger partial charge in [0, 0.05) is 0 Å². The van der Waals surface area contributed by atoms with E-state index in [-0.39, 0.29) is 11.5 Å². The van der Waals surface area contributed by atoms with Gasteiger partial charge in [-0.3, -0.25) is 0 Å². The Labute approximate surface area is 107 Å². The maximum Gasteiger partial charge on any atom is 0.122 e. The molecular formula is C15H17NO2. The van der Waals surface area contributed by atoms with Gasteiger partial charge in [-0.15, -0.1) is 0 Å². The summed E-state index contributed by atoms with van der Waals surface area (Å²) in [5, 5.41) is 9.59. The molecule has 18 heavy (non-hydrogen) atoms. The predicted octanol–water partition coefficient (Wildman–Crippen LogP) is 2.70. The highest BCUT2D eigenvalue weighted by atomic mass is 16.5. The van der Waals surface area contributed by atoms with Crippen LogP contribution in [0.5, 0.6) is 5.75 Å². The molecule has 1 aromatic carbocycles. The number of para-hydroxylation sites is 1. The summed E-state index contributed by atoms with van der Waals surface area (Å²) in [5.41, 5.74) is 0.759. The van der Waals surface area contributed by atoms with Crippen molar-refractivity contribution in [2.24, 2.45) is 5.41 Å². The molecule has 3 atom stereocenters. The zero-order valence-corrected chi connectivity index (χ0v) is 10.6. The first-order valence-corrected chi connectivity index (χ1v) is 6.46. The zero-order chi connectivity index (χ0) is 12.6. The van der Waals surface area contributed by atoms with Gasteiger partial charge >= 0.3 is 0 Å². The maximum atomic E-state index is 9.59. The number of nitrogens with zero attached hydrogens (tertiary/aromatic N) is 1. The number of rotatable bonds is 3. The van der Waals surface area contributed by atoms with E-state index in [9.17, 15) is 5.26 Å². The third-order valence-electron chi connectivity index (χ3n) is 4.24. The van der Waals surface area contributed by atoms with Crippen molar-refractivity contribution in [2.45, 2.75) is 37.9 Å². The highest BCUT2D eigenvalue weighted by molar-refractivity contribution is 5.36.